The van der Waals surface area contributed by atoms with E-state index in [0.717, 1.165) is 47.3 Å². The van der Waals surface area contributed by atoms with Gasteiger partial charge in [-0.05, 0) is 104 Å². The Labute approximate surface area is 195 Å². The Morgan fingerprint density at radius 1 is 1.03 bits per heavy atom. The van der Waals surface area contributed by atoms with Crippen LogP contribution in [0.15, 0.2) is 11.1 Å². The first-order valence-electron chi connectivity index (χ1n) is 14.4. The van der Waals surface area contributed by atoms with Gasteiger partial charge in [0.1, 0.15) is 0 Å². The molecule has 1 spiro atoms. The molecule has 0 heterocycles. The molecular weight excluding hydrogens is 372 g/mol. The molecule has 0 aliphatic heterocycles. The molecule has 31 heavy (non-hydrogen) atoms. The number of rotatable bonds is 5. The maximum atomic E-state index is 2.70. The molecule has 0 radical (unpaired) electrons. The SMILES string of the molecule is CCC(C)CC1CC2(CCC3C(=C2C)CC(C2(C)CCCCC2C)C3CC)C(C)C1C. The van der Waals surface area contributed by atoms with E-state index in [4.69, 9.17) is 0 Å². The molecule has 0 amide bonds. The Balaban J connectivity index is 1.65. The zero-order chi connectivity index (χ0) is 22.6. The molecule has 0 N–H and O–H groups in total. The molecule has 0 aromatic rings. The summed E-state index contributed by atoms with van der Waals surface area (Å²) in [7, 11) is 0. The first-order valence-corrected chi connectivity index (χ1v) is 14.4. The van der Waals surface area contributed by atoms with Gasteiger partial charge in [-0.1, -0.05) is 91.7 Å². The Kier molecular flexibility index (Phi) is 6.80. The van der Waals surface area contributed by atoms with Crippen molar-refractivity contribution < 1.29 is 0 Å². The molecule has 0 bridgehead atoms. The highest BCUT2D eigenvalue weighted by Gasteiger charge is 2.57. The van der Waals surface area contributed by atoms with Gasteiger partial charge in [0.05, 0.1) is 0 Å². The van der Waals surface area contributed by atoms with Crippen LogP contribution >= 0.6 is 0 Å². The summed E-state index contributed by atoms with van der Waals surface area (Å²) in [6.07, 6.45) is 16.1. The van der Waals surface area contributed by atoms with Crippen LogP contribution in [0.3, 0.4) is 0 Å². The second kappa shape index (κ2) is 8.83. The van der Waals surface area contributed by atoms with Crippen molar-refractivity contribution in [1.82, 2.24) is 0 Å². The van der Waals surface area contributed by atoms with Gasteiger partial charge >= 0.3 is 0 Å². The van der Waals surface area contributed by atoms with Crippen molar-refractivity contribution in [1.29, 1.82) is 0 Å². The normalized spacial score (nSPS) is 49.0. The van der Waals surface area contributed by atoms with Gasteiger partial charge in [0, 0.05) is 0 Å². The maximum Gasteiger partial charge on any atom is -0.00569 e. The predicted octanol–water partition coefficient (Wildman–Crippen LogP) is 9.69. The number of fused-ring (bicyclic) bond motifs is 1. The summed E-state index contributed by atoms with van der Waals surface area (Å²) >= 11 is 0. The van der Waals surface area contributed by atoms with E-state index in [0.29, 0.717) is 10.8 Å². The van der Waals surface area contributed by atoms with Gasteiger partial charge in [-0.15, -0.1) is 0 Å². The minimum Gasteiger partial charge on any atom is -0.0673 e. The second-order valence-electron chi connectivity index (χ2n) is 13.3. The Morgan fingerprint density at radius 3 is 2.42 bits per heavy atom. The molecule has 10 unspecified atom stereocenters. The van der Waals surface area contributed by atoms with Crippen LogP contribution in [0.2, 0.25) is 0 Å². The summed E-state index contributed by atoms with van der Waals surface area (Å²) in [6.45, 7) is 20.6. The van der Waals surface area contributed by atoms with Crippen LogP contribution < -0.4 is 0 Å². The van der Waals surface area contributed by atoms with Crippen LogP contribution in [-0.2, 0) is 0 Å². The van der Waals surface area contributed by atoms with Crippen molar-refractivity contribution in [2.24, 2.45) is 58.2 Å². The molecule has 0 aromatic carbocycles. The molecule has 0 nitrogen and oxygen atoms in total. The summed E-state index contributed by atoms with van der Waals surface area (Å²) in [5, 5.41) is 0. The molecule has 4 rings (SSSR count). The Hall–Kier alpha value is -0.260. The van der Waals surface area contributed by atoms with E-state index in [1.807, 2.05) is 11.1 Å². The maximum absolute atomic E-state index is 2.70. The first kappa shape index (κ1) is 23.9. The number of hydrogen-bond acceptors (Lipinski definition) is 0. The lowest BCUT2D eigenvalue weighted by Gasteiger charge is -2.47. The van der Waals surface area contributed by atoms with Gasteiger partial charge in [-0.2, -0.15) is 0 Å². The summed E-state index contributed by atoms with van der Waals surface area (Å²) in [4.78, 5) is 0. The number of allylic oxidation sites excluding steroid dienone is 2. The van der Waals surface area contributed by atoms with Crippen molar-refractivity contribution >= 4 is 0 Å². The molecule has 4 aliphatic carbocycles. The lowest BCUT2D eigenvalue weighted by molar-refractivity contribution is 0.0222. The van der Waals surface area contributed by atoms with Crippen molar-refractivity contribution in [2.45, 2.75) is 126 Å². The average molecular weight is 427 g/mol. The molecule has 10 atom stereocenters. The first-order chi connectivity index (χ1) is 14.7. The third kappa shape index (κ3) is 3.69. The topological polar surface area (TPSA) is 0 Å². The minimum absolute atomic E-state index is 0.537. The van der Waals surface area contributed by atoms with Crippen LogP contribution in [-0.4, -0.2) is 0 Å². The van der Waals surface area contributed by atoms with Crippen LogP contribution in [0.4, 0.5) is 0 Å². The monoisotopic (exact) mass is 426 g/mol. The van der Waals surface area contributed by atoms with Gasteiger partial charge in [-0.3, -0.25) is 0 Å². The molecule has 0 saturated heterocycles. The summed E-state index contributed by atoms with van der Waals surface area (Å²) < 4.78 is 0. The summed E-state index contributed by atoms with van der Waals surface area (Å²) in [6, 6.07) is 0. The van der Waals surface area contributed by atoms with E-state index in [1.54, 1.807) is 0 Å². The fourth-order valence-electron chi connectivity index (χ4n) is 9.75. The molecule has 3 saturated carbocycles. The standard InChI is InChI=1S/C31H54/c1-9-20(3)17-25-19-31(23(6)22(25)5)16-14-27-26(10-2)29(18-28(27)24(31)7)30(8)15-12-11-13-21(30)4/h20-23,25-27,29H,9-19H2,1-8H3. The molecule has 178 valence electrons. The smallest absolute Gasteiger partial charge is 0.00569 e. The van der Waals surface area contributed by atoms with E-state index in [-0.39, 0.29) is 0 Å². The molecule has 3 fully saturated rings. The van der Waals surface area contributed by atoms with Crippen molar-refractivity contribution in [3.05, 3.63) is 11.1 Å². The van der Waals surface area contributed by atoms with Crippen molar-refractivity contribution in [3.63, 3.8) is 0 Å². The molecule has 0 heteroatoms. The number of hydrogen-bond donors (Lipinski definition) is 0. The van der Waals surface area contributed by atoms with Crippen LogP contribution in [0.25, 0.3) is 0 Å². The quantitative estimate of drug-likeness (QED) is 0.384. The predicted molar refractivity (Wildman–Crippen MR) is 136 cm³/mol. The van der Waals surface area contributed by atoms with Gasteiger partial charge in [0.15, 0.2) is 0 Å². The van der Waals surface area contributed by atoms with Crippen molar-refractivity contribution in [3.8, 4) is 0 Å². The van der Waals surface area contributed by atoms with E-state index < -0.39 is 0 Å². The lowest BCUT2D eigenvalue weighted by atomic mass is 9.58. The largest absolute Gasteiger partial charge is 0.0673 e. The van der Waals surface area contributed by atoms with Crippen LogP contribution in [0, 0.1) is 58.2 Å². The summed E-state index contributed by atoms with van der Waals surface area (Å²) in [5.41, 5.74) is 5.01. The fraction of sp³-hybridized carbons (Fsp3) is 0.935. The fourth-order valence-corrected chi connectivity index (χ4v) is 9.75. The lowest BCUT2D eigenvalue weighted by Crippen LogP contribution is -2.39. The van der Waals surface area contributed by atoms with Gasteiger partial charge in [0.2, 0.25) is 0 Å². The van der Waals surface area contributed by atoms with Gasteiger partial charge in [-0.25, -0.2) is 0 Å². The van der Waals surface area contributed by atoms with E-state index in [9.17, 15) is 0 Å². The average Bonchev–Trinajstić information content (AvgIpc) is 3.25. The van der Waals surface area contributed by atoms with Crippen LogP contribution in [0.5, 0.6) is 0 Å². The minimum atomic E-state index is 0.537. The molecule has 4 aliphatic rings. The van der Waals surface area contributed by atoms with E-state index in [2.05, 4.69) is 55.4 Å². The molecule has 0 aromatic heterocycles. The van der Waals surface area contributed by atoms with Gasteiger partial charge < -0.3 is 0 Å². The highest BCUT2D eigenvalue weighted by atomic mass is 14.6. The highest BCUT2D eigenvalue weighted by Crippen LogP contribution is 2.67. The zero-order valence-corrected chi connectivity index (χ0v) is 22.4. The summed E-state index contributed by atoms with van der Waals surface area (Å²) in [5.74, 6) is 7.36. The second-order valence-corrected chi connectivity index (χ2v) is 13.3. The molecular formula is C31H54. The van der Waals surface area contributed by atoms with Gasteiger partial charge in [0.25, 0.3) is 0 Å². The third-order valence-corrected chi connectivity index (χ3v) is 12.5. The Morgan fingerprint density at radius 2 is 1.77 bits per heavy atom. The van der Waals surface area contributed by atoms with E-state index in [1.165, 1.54) is 70.6 Å². The van der Waals surface area contributed by atoms with Crippen LogP contribution in [0.1, 0.15) is 126 Å². The highest BCUT2D eigenvalue weighted by molar-refractivity contribution is 5.33. The zero-order valence-electron chi connectivity index (χ0n) is 22.4. The van der Waals surface area contributed by atoms with E-state index >= 15 is 0 Å². The van der Waals surface area contributed by atoms with Crippen molar-refractivity contribution in [2.75, 3.05) is 0 Å². The Bertz CT molecular complexity index is 672. The third-order valence-electron chi connectivity index (χ3n) is 12.5.